The lowest BCUT2D eigenvalue weighted by molar-refractivity contribution is 0.0601. The van der Waals surface area contributed by atoms with Crippen LogP contribution in [0, 0.1) is 6.92 Å². The molecule has 1 aromatic carbocycles. The summed E-state index contributed by atoms with van der Waals surface area (Å²) >= 11 is 2.76. The second-order valence-corrected chi connectivity index (χ2v) is 5.52. The zero-order valence-corrected chi connectivity index (χ0v) is 11.5. The number of aryl methyl sites for hydroxylation is 1. The van der Waals surface area contributed by atoms with E-state index in [2.05, 4.69) is 14.1 Å². The minimum atomic E-state index is -0.441. The highest BCUT2D eigenvalue weighted by Gasteiger charge is 2.12. The second kappa shape index (κ2) is 5.36. The van der Waals surface area contributed by atoms with Gasteiger partial charge in [0.2, 0.25) is 0 Å². The van der Waals surface area contributed by atoms with Crippen LogP contribution in [0.15, 0.2) is 27.4 Å². The molecule has 1 heterocycles. The normalized spacial score (nSPS) is 10.3. The number of rotatable bonds is 3. The van der Waals surface area contributed by atoms with Crippen molar-refractivity contribution >= 4 is 35.0 Å². The first-order valence-corrected chi connectivity index (χ1v) is 6.65. The fourth-order valence-electron chi connectivity index (χ4n) is 1.31. The van der Waals surface area contributed by atoms with Crippen LogP contribution in [0.2, 0.25) is 0 Å². The van der Waals surface area contributed by atoms with Gasteiger partial charge < -0.3 is 10.5 Å². The Morgan fingerprint density at radius 3 is 2.89 bits per heavy atom. The molecular formula is C11H11N3O2S2. The van der Waals surface area contributed by atoms with E-state index in [1.165, 1.54) is 30.4 Å². The van der Waals surface area contributed by atoms with Crippen molar-refractivity contribution < 1.29 is 9.53 Å². The summed E-state index contributed by atoms with van der Waals surface area (Å²) in [4.78, 5) is 16.6. The number of aromatic nitrogens is 2. The number of hydrogen-bond donors (Lipinski definition) is 1. The number of nitrogens with two attached hydrogens (primary N) is 1. The van der Waals surface area contributed by atoms with Crippen molar-refractivity contribution in [3.05, 3.63) is 29.6 Å². The Bertz CT molecular complexity index is 583. The van der Waals surface area contributed by atoms with Crippen LogP contribution < -0.4 is 5.73 Å². The van der Waals surface area contributed by atoms with Crippen molar-refractivity contribution in [3.8, 4) is 0 Å². The number of anilines is 1. The van der Waals surface area contributed by atoms with Gasteiger partial charge in [-0.15, -0.1) is 0 Å². The first kappa shape index (κ1) is 12.8. The third-order valence-electron chi connectivity index (χ3n) is 2.14. The number of benzene rings is 1. The van der Waals surface area contributed by atoms with Gasteiger partial charge in [0.1, 0.15) is 5.82 Å². The minimum absolute atomic E-state index is 0.365. The van der Waals surface area contributed by atoms with E-state index in [0.29, 0.717) is 11.3 Å². The molecule has 0 spiro atoms. The lowest BCUT2D eigenvalue weighted by Crippen LogP contribution is -2.05. The highest BCUT2D eigenvalue weighted by atomic mass is 32.2. The van der Waals surface area contributed by atoms with E-state index >= 15 is 0 Å². The largest absolute Gasteiger partial charge is 0.465 e. The number of ether oxygens (including phenoxy) is 1. The van der Waals surface area contributed by atoms with Gasteiger partial charge in [0.05, 0.1) is 12.7 Å². The molecule has 18 heavy (non-hydrogen) atoms. The van der Waals surface area contributed by atoms with Gasteiger partial charge in [0.15, 0.2) is 4.34 Å². The van der Waals surface area contributed by atoms with Crippen molar-refractivity contribution in [1.29, 1.82) is 0 Å². The second-order valence-electron chi connectivity index (χ2n) is 3.45. The van der Waals surface area contributed by atoms with E-state index in [0.717, 1.165) is 15.1 Å². The summed E-state index contributed by atoms with van der Waals surface area (Å²) in [6.07, 6.45) is 0. The van der Waals surface area contributed by atoms with Gasteiger partial charge in [0, 0.05) is 10.6 Å². The van der Waals surface area contributed by atoms with Crippen LogP contribution in [0.5, 0.6) is 0 Å². The van der Waals surface area contributed by atoms with Gasteiger partial charge in [-0.1, -0.05) is 11.8 Å². The fraction of sp³-hybridized carbons (Fsp3) is 0.182. The molecule has 0 aliphatic heterocycles. The van der Waals surface area contributed by atoms with Crippen molar-refractivity contribution in [1.82, 2.24) is 9.36 Å². The van der Waals surface area contributed by atoms with Crippen LogP contribution in [0.1, 0.15) is 16.2 Å². The highest BCUT2D eigenvalue weighted by Crippen LogP contribution is 2.31. The Morgan fingerprint density at radius 1 is 1.50 bits per heavy atom. The summed E-state index contributed by atoms with van der Waals surface area (Å²) in [5, 5.41) is 0. The standard InChI is InChI=1S/C11H11N3O2S2/c1-6-13-11(18-14-6)17-7-3-4-9(12)8(5-7)10(15)16-2/h3-5H,12H2,1-2H3. The van der Waals surface area contributed by atoms with Gasteiger partial charge in [0.25, 0.3) is 0 Å². The van der Waals surface area contributed by atoms with E-state index < -0.39 is 5.97 Å². The fourth-order valence-corrected chi connectivity index (χ4v) is 2.97. The van der Waals surface area contributed by atoms with Crippen LogP contribution in [0.4, 0.5) is 5.69 Å². The third-order valence-corrected chi connectivity index (χ3v) is 3.98. The Balaban J connectivity index is 2.27. The summed E-state index contributed by atoms with van der Waals surface area (Å²) in [5.74, 6) is 0.300. The molecule has 0 fully saturated rings. The molecule has 0 amide bonds. The summed E-state index contributed by atoms with van der Waals surface area (Å²) < 4.78 is 9.60. The predicted octanol–water partition coefficient (Wildman–Crippen LogP) is 2.37. The van der Waals surface area contributed by atoms with E-state index in [1.54, 1.807) is 12.1 Å². The van der Waals surface area contributed by atoms with Crippen molar-refractivity contribution in [3.63, 3.8) is 0 Å². The maximum atomic E-state index is 11.5. The van der Waals surface area contributed by atoms with Crippen LogP contribution in [-0.4, -0.2) is 22.4 Å². The maximum Gasteiger partial charge on any atom is 0.339 e. The molecule has 7 heteroatoms. The van der Waals surface area contributed by atoms with Gasteiger partial charge in [-0.25, -0.2) is 9.78 Å². The number of carbonyl (C=O) groups is 1. The summed E-state index contributed by atoms with van der Waals surface area (Å²) in [6.45, 7) is 1.84. The average Bonchev–Trinajstić information content (AvgIpc) is 2.76. The summed E-state index contributed by atoms with van der Waals surface area (Å²) in [7, 11) is 1.33. The molecule has 0 saturated carbocycles. The molecule has 2 rings (SSSR count). The number of nitrogen functional groups attached to an aromatic ring is 1. The molecule has 5 nitrogen and oxygen atoms in total. The van der Waals surface area contributed by atoms with Gasteiger partial charge in [-0.05, 0) is 36.7 Å². The first-order chi connectivity index (χ1) is 8.60. The van der Waals surface area contributed by atoms with E-state index in [1.807, 2.05) is 13.0 Å². The SMILES string of the molecule is COC(=O)c1cc(Sc2nc(C)ns2)ccc1N. The van der Waals surface area contributed by atoms with Crippen molar-refractivity contribution in [2.75, 3.05) is 12.8 Å². The first-order valence-electron chi connectivity index (χ1n) is 5.06. The quantitative estimate of drug-likeness (QED) is 0.687. The number of carbonyl (C=O) groups excluding carboxylic acids is 1. The van der Waals surface area contributed by atoms with E-state index in [4.69, 9.17) is 5.73 Å². The molecule has 1 aromatic heterocycles. The molecule has 94 valence electrons. The molecule has 0 saturated heterocycles. The minimum Gasteiger partial charge on any atom is -0.465 e. The summed E-state index contributed by atoms with van der Waals surface area (Å²) in [6, 6.07) is 5.22. The molecular weight excluding hydrogens is 270 g/mol. The van der Waals surface area contributed by atoms with Crippen LogP contribution in [0.3, 0.4) is 0 Å². The molecule has 0 bridgehead atoms. The number of hydrogen-bond acceptors (Lipinski definition) is 7. The number of methoxy groups -OCH3 is 1. The Morgan fingerprint density at radius 2 is 2.28 bits per heavy atom. The smallest absolute Gasteiger partial charge is 0.339 e. The lowest BCUT2D eigenvalue weighted by atomic mass is 10.2. The molecule has 2 aromatic rings. The zero-order valence-electron chi connectivity index (χ0n) is 9.84. The third kappa shape index (κ3) is 2.80. The Hall–Kier alpha value is -1.60. The molecule has 0 aliphatic carbocycles. The molecule has 0 unspecified atom stereocenters. The van der Waals surface area contributed by atoms with E-state index in [-0.39, 0.29) is 0 Å². The topological polar surface area (TPSA) is 78.1 Å². The highest BCUT2D eigenvalue weighted by molar-refractivity contribution is 8.01. The van der Waals surface area contributed by atoms with Gasteiger partial charge >= 0.3 is 5.97 Å². The molecule has 0 atom stereocenters. The van der Waals surface area contributed by atoms with Gasteiger partial charge in [-0.3, -0.25) is 0 Å². The lowest BCUT2D eigenvalue weighted by Gasteiger charge is -2.05. The van der Waals surface area contributed by atoms with Crippen molar-refractivity contribution in [2.24, 2.45) is 0 Å². The summed E-state index contributed by atoms with van der Waals surface area (Å²) in [5.41, 5.74) is 6.49. The zero-order chi connectivity index (χ0) is 13.1. The van der Waals surface area contributed by atoms with Gasteiger partial charge in [-0.2, -0.15) is 4.37 Å². The van der Waals surface area contributed by atoms with Crippen LogP contribution >= 0.6 is 23.3 Å². The molecule has 0 aliphatic rings. The maximum absolute atomic E-state index is 11.5. The Kier molecular flexibility index (Phi) is 3.83. The Labute approximate surface area is 113 Å². The molecule has 0 radical (unpaired) electrons. The van der Waals surface area contributed by atoms with E-state index in [9.17, 15) is 4.79 Å². The molecule has 2 N–H and O–H groups in total. The number of esters is 1. The van der Waals surface area contributed by atoms with Crippen molar-refractivity contribution in [2.45, 2.75) is 16.2 Å². The predicted molar refractivity (Wildman–Crippen MR) is 71.0 cm³/mol. The average molecular weight is 281 g/mol. The van der Waals surface area contributed by atoms with Crippen LogP contribution in [-0.2, 0) is 4.74 Å². The van der Waals surface area contributed by atoms with Crippen LogP contribution in [0.25, 0.3) is 0 Å². The number of nitrogens with zero attached hydrogens (tertiary/aromatic N) is 2. The monoisotopic (exact) mass is 281 g/mol.